The second kappa shape index (κ2) is 3.93. The Balaban J connectivity index is 3.46. The van der Waals surface area contributed by atoms with Gasteiger partial charge in [0.15, 0.2) is 0 Å². The molecule has 1 aromatic carbocycles. The van der Waals surface area contributed by atoms with Crippen LogP contribution in [0.4, 0.5) is 24.5 Å². The standard InChI is InChI=1S/C7H2ClF3N2O2/c8-6-4(12-14)1-3(7(9,10)11)2-5(6)13-15/h1-2H. The predicted molar refractivity (Wildman–Crippen MR) is 47.4 cm³/mol. The monoisotopic (exact) mass is 238 g/mol. The fourth-order valence-electron chi connectivity index (χ4n) is 0.891. The Kier molecular flexibility index (Phi) is 3.04. The third kappa shape index (κ3) is 2.30. The smallest absolute Gasteiger partial charge is 0.166 e. The highest BCUT2D eigenvalue weighted by Crippen LogP contribution is 2.40. The van der Waals surface area contributed by atoms with Crippen molar-refractivity contribution in [1.82, 2.24) is 0 Å². The highest BCUT2D eigenvalue weighted by atomic mass is 35.5. The summed E-state index contributed by atoms with van der Waals surface area (Å²) in [7, 11) is 0. The first-order valence-corrected chi connectivity index (χ1v) is 3.85. The zero-order valence-electron chi connectivity index (χ0n) is 6.88. The van der Waals surface area contributed by atoms with E-state index in [4.69, 9.17) is 11.6 Å². The van der Waals surface area contributed by atoms with Crippen LogP contribution >= 0.6 is 11.6 Å². The molecule has 0 aliphatic carbocycles. The Morgan fingerprint density at radius 1 is 1.07 bits per heavy atom. The molecule has 8 heteroatoms. The summed E-state index contributed by atoms with van der Waals surface area (Å²) in [5, 5.41) is 4.05. The summed E-state index contributed by atoms with van der Waals surface area (Å²) < 4.78 is 36.7. The van der Waals surface area contributed by atoms with Crippen molar-refractivity contribution in [3.63, 3.8) is 0 Å². The molecule has 0 unspecified atom stereocenters. The van der Waals surface area contributed by atoms with E-state index >= 15 is 0 Å². The molecule has 80 valence electrons. The number of hydrogen-bond donors (Lipinski definition) is 0. The maximum Gasteiger partial charge on any atom is 0.416 e. The molecule has 0 bridgehead atoms. The van der Waals surface area contributed by atoms with Gasteiger partial charge in [0.25, 0.3) is 0 Å². The van der Waals surface area contributed by atoms with E-state index < -0.39 is 28.1 Å². The van der Waals surface area contributed by atoms with Gasteiger partial charge >= 0.3 is 6.18 Å². The fraction of sp³-hybridized carbons (Fsp3) is 0.143. The van der Waals surface area contributed by atoms with Crippen molar-refractivity contribution < 1.29 is 13.2 Å². The molecule has 0 aromatic heterocycles. The van der Waals surface area contributed by atoms with Crippen LogP contribution in [-0.4, -0.2) is 0 Å². The van der Waals surface area contributed by atoms with Crippen molar-refractivity contribution in [2.45, 2.75) is 6.18 Å². The minimum absolute atomic E-state index is 0.448. The van der Waals surface area contributed by atoms with Crippen LogP contribution in [0.2, 0.25) is 5.02 Å². The maximum atomic E-state index is 12.2. The Labute approximate surface area is 86.0 Å². The molecule has 0 saturated carbocycles. The Hall–Kier alpha value is -1.50. The van der Waals surface area contributed by atoms with Crippen molar-refractivity contribution in [2.24, 2.45) is 10.4 Å². The minimum atomic E-state index is -4.69. The summed E-state index contributed by atoms with van der Waals surface area (Å²) >= 11 is 5.38. The van der Waals surface area contributed by atoms with E-state index in [1.807, 2.05) is 0 Å². The Bertz CT molecular complexity index is 390. The largest absolute Gasteiger partial charge is 0.416 e. The highest BCUT2D eigenvalue weighted by Gasteiger charge is 2.32. The first-order chi connectivity index (χ1) is 6.90. The van der Waals surface area contributed by atoms with Crippen LogP contribution in [0.5, 0.6) is 0 Å². The molecule has 0 saturated heterocycles. The van der Waals surface area contributed by atoms with Crippen LogP contribution in [-0.2, 0) is 6.18 Å². The first kappa shape index (κ1) is 11.6. The van der Waals surface area contributed by atoms with E-state index in [-0.39, 0.29) is 0 Å². The van der Waals surface area contributed by atoms with Gasteiger partial charge in [0.05, 0.1) is 10.6 Å². The lowest BCUT2D eigenvalue weighted by Crippen LogP contribution is -2.04. The van der Waals surface area contributed by atoms with Gasteiger partial charge in [0, 0.05) is 0 Å². The molecule has 1 rings (SSSR count). The molecule has 0 fully saturated rings. The van der Waals surface area contributed by atoms with Gasteiger partial charge in [-0.05, 0) is 22.5 Å². The van der Waals surface area contributed by atoms with Crippen molar-refractivity contribution >= 4 is 23.0 Å². The normalized spacial score (nSPS) is 11.2. The molecular formula is C7H2ClF3N2O2. The van der Waals surface area contributed by atoms with E-state index in [0.29, 0.717) is 12.1 Å². The molecule has 0 amide bonds. The van der Waals surface area contributed by atoms with E-state index in [1.165, 1.54) is 0 Å². The van der Waals surface area contributed by atoms with Crippen LogP contribution < -0.4 is 0 Å². The summed E-state index contributed by atoms with van der Waals surface area (Å²) in [6.45, 7) is 0. The van der Waals surface area contributed by atoms with Crippen molar-refractivity contribution in [3.05, 3.63) is 32.5 Å². The average Bonchev–Trinajstić information content (AvgIpc) is 2.16. The zero-order chi connectivity index (χ0) is 11.6. The zero-order valence-corrected chi connectivity index (χ0v) is 7.63. The lowest BCUT2D eigenvalue weighted by atomic mass is 10.1. The van der Waals surface area contributed by atoms with Crippen LogP contribution in [0.15, 0.2) is 22.5 Å². The van der Waals surface area contributed by atoms with Gasteiger partial charge in [0.1, 0.15) is 11.4 Å². The maximum absolute atomic E-state index is 12.2. The molecule has 4 nitrogen and oxygen atoms in total. The second-order valence-electron chi connectivity index (χ2n) is 2.51. The van der Waals surface area contributed by atoms with Crippen LogP contribution in [0.25, 0.3) is 0 Å². The summed E-state index contributed by atoms with van der Waals surface area (Å²) in [6.07, 6.45) is -4.69. The first-order valence-electron chi connectivity index (χ1n) is 3.47. The Morgan fingerprint density at radius 2 is 1.47 bits per heavy atom. The molecule has 0 N–H and O–H groups in total. The van der Waals surface area contributed by atoms with Crippen LogP contribution in [0, 0.1) is 9.81 Å². The number of alkyl halides is 3. The van der Waals surface area contributed by atoms with E-state index in [2.05, 4.69) is 10.4 Å². The summed E-state index contributed by atoms with van der Waals surface area (Å²) in [6, 6.07) is 0.897. The molecule has 15 heavy (non-hydrogen) atoms. The molecule has 1 aromatic rings. The average molecular weight is 239 g/mol. The SMILES string of the molecule is O=Nc1cc(C(F)(F)F)cc(N=O)c1Cl. The quantitative estimate of drug-likeness (QED) is 0.727. The Morgan fingerprint density at radius 3 is 1.73 bits per heavy atom. The van der Waals surface area contributed by atoms with Gasteiger partial charge in [-0.3, -0.25) is 0 Å². The summed E-state index contributed by atoms with van der Waals surface area (Å²) in [4.78, 5) is 20.3. The number of nitrogens with zero attached hydrogens (tertiary/aromatic N) is 2. The topological polar surface area (TPSA) is 58.9 Å². The predicted octanol–water partition coefficient (Wildman–Crippen LogP) is 4.15. The van der Waals surface area contributed by atoms with Gasteiger partial charge in [-0.2, -0.15) is 13.2 Å². The number of nitroso groups, excluding NO2 is 2. The highest BCUT2D eigenvalue weighted by molar-refractivity contribution is 6.35. The lowest BCUT2D eigenvalue weighted by molar-refractivity contribution is -0.137. The van der Waals surface area contributed by atoms with Gasteiger partial charge in [0.2, 0.25) is 0 Å². The van der Waals surface area contributed by atoms with E-state index in [1.54, 1.807) is 0 Å². The number of halogens is 4. The van der Waals surface area contributed by atoms with E-state index in [0.717, 1.165) is 0 Å². The van der Waals surface area contributed by atoms with Crippen LogP contribution in [0.3, 0.4) is 0 Å². The summed E-state index contributed by atoms with van der Waals surface area (Å²) in [5.41, 5.74) is -2.53. The van der Waals surface area contributed by atoms with E-state index in [9.17, 15) is 23.0 Å². The van der Waals surface area contributed by atoms with Crippen molar-refractivity contribution in [3.8, 4) is 0 Å². The number of hydrogen-bond acceptors (Lipinski definition) is 4. The molecule has 0 aliphatic rings. The lowest BCUT2D eigenvalue weighted by Gasteiger charge is -2.07. The third-order valence-electron chi connectivity index (χ3n) is 1.56. The van der Waals surface area contributed by atoms with Crippen molar-refractivity contribution in [2.75, 3.05) is 0 Å². The molecule has 0 heterocycles. The number of benzene rings is 1. The molecule has 0 spiro atoms. The molecule has 0 atom stereocenters. The van der Waals surface area contributed by atoms with Gasteiger partial charge in [-0.25, -0.2) is 0 Å². The summed E-state index contributed by atoms with van der Waals surface area (Å²) in [5.74, 6) is 0. The second-order valence-corrected chi connectivity index (χ2v) is 2.89. The molecule has 0 radical (unpaired) electrons. The third-order valence-corrected chi connectivity index (χ3v) is 1.95. The molecule has 0 aliphatic heterocycles. The van der Waals surface area contributed by atoms with Gasteiger partial charge in [-0.15, -0.1) is 9.81 Å². The van der Waals surface area contributed by atoms with Gasteiger partial charge in [-0.1, -0.05) is 11.6 Å². The minimum Gasteiger partial charge on any atom is -0.166 e. The van der Waals surface area contributed by atoms with Crippen molar-refractivity contribution in [1.29, 1.82) is 0 Å². The number of rotatable bonds is 2. The van der Waals surface area contributed by atoms with Gasteiger partial charge < -0.3 is 0 Å². The van der Waals surface area contributed by atoms with Crippen LogP contribution in [0.1, 0.15) is 5.56 Å². The molecular weight excluding hydrogens is 237 g/mol. The fourth-order valence-corrected chi connectivity index (χ4v) is 1.07.